The van der Waals surface area contributed by atoms with Gasteiger partial charge in [-0.1, -0.05) is 30.3 Å². The topological polar surface area (TPSA) is 70.9 Å². The molecule has 4 rings (SSSR count). The summed E-state index contributed by atoms with van der Waals surface area (Å²) < 4.78 is 20.4. The summed E-state index contributed by atoms with van der Waals surface area (Å²) in [5.74, 6) is -0.563. The molecule has 30 heavy (non-hydrogen) atoms. The van der Waals surface area contributed by atoms with Crippen molar-refractivity contribution in [3.05, 3.63) is 63.5 Å². The first kappa shape index (κ1) is 20.6. The molecule has 1 N–H and O–H groups in total. The van der Waals surface area contributed by atoms with Crippen LogP contribution in [0.2, 0.25) is 0 Å². The average molecular weight is 414 g/mol. The molecule has 0 bridgehead atoms. The Hall–Kier alpha value is -2.71. The maximum absolute atomic E-state index is 15.1. The third-order valence-electron chi connectivity index (χ3n) is 5.68. The number of ether oxygens (including phenoxy) is 1. The van der Waals surface area contributed by atoms with Gasteiger partial charge >= 0.3 is 0 Å². The summed E-state index contributed by atoms with van der Waals surface area (Å²) in [5, 5.41) is 14.8. The summed E-state index contributed by atoms with van der Waals surface area (Å²) in [5.41, 5.74) is 2.38. The third kappa shape index (κ3) is 4.55. The molecule has 2 aromatic rings. The molecule has 1 saturated carbocycles. The lowest BCUT2D eigenvalue weighted by Crippen LogP contribution is -2.46. The van der Waals surface area contributed by atoms with Crippen LogP contribution in [0.15, 0.2) is 36.4 Å². The van der Waals surface area contributed by atoms with Gasteiger partial charge in [0.25, 0.3) is 5.69 Å². The molecule has 2 fully saturated rings. The molecule has 2 aliphatic rings. The molecule has 8 heteroatoms. The fraction of sp³-hybridized carbons (Fsp3) is 0.455. The molecular formula is C22H27FN4O3. The second-order valence-electron chi connectivity index (χ2n) is 7.94. The van der Waals surface area contributed by atoms with Crippen LogP contribution in [0.3, 0.4) is 0 Å². The molecule has 1 aliphatic heterocycles. The van der Waals surface area contributed by atoms with Crippen molar-refractivity contribution < 1.29 is 14.1 Å². The first-order valence-electron chi connectivity index (χ1n) is 10.3. The molecule has 0 radical (unpaired) electrons. The van der Waals surface area contributed by atoms with Gasteiger partial charge in [0, 0.05) is 51.4 Å². The minimum absolute atomic E-state index is 0.118. The van der Waals surface area contributed by atoms with E-state index in [2.05, 4.69) is 22.3 Å². The number of hydrogen-bond donors (Lipinski definition) is 1. The van der Waals surface area contributed by atoms with Crippen LogP contribution in [0.25, 0.3) is 0 Å². The fourth-order valence-electron chi connectivity index (χ4n) is 4.01. The van der Waals surface area contributed by atoms with Crippen LogP contribution >= 0.6 is 0 Å². The Labute approximate surface area is 175 Å². The molecule has 0 amide bonds. The molecule has 0 spiro atoms. The highest BCUT2D eigenvalue weighted by Gasteiger charge is 2.32. The van der Waals surface area contributed by atoms with E-state index in [4.69, 9.17) is 4.74 Å². The van der Waals surface area contributed by atoms with E-state index >= 15 is 4.39 Å². The number of benzene rings is 2. The summed E-state index contributed by atoms with van der Waals surface area (Å²) in [6, 6.07) is 11.5. The molecule has 1 aliphatic carbocycles. The largest absolute Gasteiger partial charge is 0.380 e. The van der Waals surface area contributed by atoms with E-state index in [0.29, 0.717) is 30.0 Å². The summed E-state index contributed by atoms with van der Waals surface area (Å²) in [7, 11) is 1.53. The highest BCUT2D eigenvalue weighted by Crippen LogP contribution is 2.41. The van der Waals surface area contributed by atoms with Crippen LogP contribution in [-0.2, 0) is 17.9 Å². The SMILES string of the molecule is COCc1c(NC2CC2)c([N+](=O)[O-])cc(F)c1N1CCN(Cc2ccccc2)CC1. The second-order valence-corrected chi connectivity index (χ2v) is 7.94. The van der Waals surface area contributed by atoms with Crippen LogP contribution in [-0.4, -0.2) is 49.2 Å². The molecule has 0 unspecified atom stereocenters. The van der Waals surface area contributed by atoms with E-state index < -0.39 is 10.7 Å². The number of anilines is 2. The highest BCUT2D eigenvalue weighted by molar-refractivity contribution is 5.77. The number of nitrogens with zero attached hydrogens (tertiary/aromatic N) is 3. The van der Waals surface area contributed by atoms with Gasteiger partial charge in [-0.2, -0.15) is 0 Å². The first-order valence-corrected chi connectivity index (χ1v) is 10.3. The number of nitro benzene ring substituents is 1. The van der Waals surface area contributed by atoms with Crippen LogP contribution < -0.4 is 10.2 Å². The van der Waals surface area contributed by atoms with Gasteiger partial charge in [0.15, 0.2) is 5.82 Å². The van der Waals surface area contributed by atoms with Crippen molar-refractivity contribution >= 4 is 17.1 Å². The van der Waals surface area contributed by atoms with E-state index in [1.807, 2.05) is 23.1 Å². The Morgan fingerprint density at radius 1 is 1.20 bits per heavy atom. The summed E-state index contributed by atoms with van der Waals surface area (Å²) in [6.07, 6.45) is 1.93. The van der Waals surface area contributed by atoms with Gasteiger partial charge in [-0.25, -0.2) is 4.39 Å². The van der Waals surface area contributed by atoms with Gasteiger partial charge in [0.1, 0.15) is 5.69 Å². The van der Waals surface area contributed by atoms with Gasteiger partial charge in [0.05, 0.1) is 23.3 Å². The lowest BCUT2D eigenvalue weighted by Gasteiger charge is -2.37. The second kappa shape index (κ2) is 8.97. The molecular weight excluding hydrogens is 387 g/mol. The number of halogens is 1. The molecule has 0 aromatic heterocycles. The monoisotopic (exact) mass is 414 g/mol. The predicted molar refractivity (Wildman–Crippen MR) is 114 cm³/mol. The maximum atomic E-state index is 15.1. The van der Waals surface area contributed by atoms with Crippen LogP contribution in [0.5, 0.6) is 0 Å². The Bertz CT molecular complexity index is 897. The molecule has 7 nitrogen and oxygen atoms in total. The number of piperazine rings is 1. The van der Waals surface area contributed by atoms with Crippen LogP contribution in [0.4, 0.5) is 21.5 Å². The van der Waals surface area contributed by atoms with Crippen molar-refractivity contribution in [1.29, 1.82) is 0 Å². The summed E-state index contributed by atoms with van der Waals surface area (Å²) in [6.45, 7) is 3.87. The number of nitrogens with one attached hydrogen (secondary N) is 1. The minimum atomic E-state index is -0.563. The number of nitro groups is 1. The average Bonchev–Trinajstić information content (AvgIpc) is 3.56. The van der Waals surface area contributed by atoms with Crippen molar-refractivity contribution in [1.82, 2.24) is 4.90 Å². The van der Waals surface area contributed by atoms with Gasteiger partial charge in [-0.3, -0.25) is 15.0 Å². The lowest BCUT2D eigenvalue weighted by atomic mass is 10.1. The number of hydrogen-bond acceptors (Lipinski definition) is 6. The van der Waals surface area contributed by atoms with Crippen molar-refractivity contribution in [2.24, 2.45) is 0 Å². The van der Waals surface area contributed by atoms with Crippen LogP contribution in [0, 0.1) is 15.9 Å². The van der Waals surface area contributed by atoms with Gasteiger partial charge < -0.3 is 15.0 Å². The zero-order valence-electron chi connectivity index (χ0n) is 17.1. The van der Waals surface area contributed by atoms with Gasteiger partial charge in [-0.15, -0.1) is 0 Å². The van der Waals surface area contributed by atoms with E-state index in [1.165, 1.54) is 12.7 Å². The normalized spacial score (nSPS) is 17.2. The molecule has 160 valence electrons. The Morgan fingerprint density at radius 2 is 1.90 bits per heavy atom. The van der Waals surface area contributed by atoms with Crippen molar-refractivity contribution in [3.8, 4) is 0 Å². The Kier molecular flexibility index (Phi) is 6.15. The Morgan fingerprint density at radius 3 is 2.50 bits per heavy atom. The fourth-order valence-corrected chi connectivity index (χ4v) is 4.01. The summed E-state index contributed by atoms with van der Waals surface area (Å²) in [4.78, 5) is 15.4. The zero-order valence-corrected chi connectivity index (χ0v) is 17.1. The van der Waals surface area contributed by atoms with Gasteiger partial charge in [-0.05, 0) is 18.4 Å². The summed E-state index contributed by atoms with van der Waals surface area (Å²) >= 11 is 0. The standard InChI is InChI=1S/C22H27FN4O3/c1-30-15-18-21(24-17-7-8-17)20(27(28)29)13-19(23)22(18)26-11-9-25(10-12-26)14-16-5-3-2-4-6-16/h2-6,13,17,24H,7-12,14-15H2,1H3. The van der Waals surface area contributed by atoms with E-state index in [-0.39, 0.29) is 18.3 Å². The quantitative estimate of drug-likeness (QED) is 0.524. The maximum Gasteiger partial charge on any atom is 0.295 e. The molecule has 1 heterocycles. The van der Waals surface area contributed by atoms with Crippen molar-refractivity contribution in [2.45, 2.75) is 32.0 Å². The van der Waals surface area contributed by atoms with E-state index in [1.54, 1.807) is 0 Å². The predicted octanol–water partition coefficient (Wildman–Crippen LogP) is 3.78. The molecule has 1 saturated heterocycles. The Balaban J connectivity index is 1.58. The zero-order chi connectivity index (χ0) is 21.1. The highest BCUT2D eigenvalue weighted by atomic mass is 19.1. The van der Waals surface area contributed by atoms with Crippen LogP contribution in [0.1, 0.15) is 24.0 Å². The van der Waals surface area contributed by atoms with Crippen molar-refractivity contribution in [3.63, 3.8) is 0 Å². The third-order valence-corrected chi connectivity index (χ3v) is 5.68. The first-order chi connectivity index (χ1) is 14.6. The molecule has 2 aromatic carbocycles. The number of rotatable bonds is 8. The molecule has 0 atom stereocenters. The lowest BCUT2D eigenvalue weighted by molar-refractivity contribution is -0.384. The van der Waals surface area contributed by atoms with E-state index in [9.17, 15) is 10.1 Å². The van der Waals surface area contributed by atoms with E-state index in [0.717, 1.165) is 38.5 Å². The number of methoxy groups -OCH3 is 1. The minimum Gasteiger partial charge on any atom is -0.380 e. The smallest absolute Gasteiger partial charge is 0.295 e. The van der Waals surface area contributed by atoms with Crippen molar-refractivity contribution in [2.75, 3.05) is 43.5 Å². The van der Waals surface area contributed by atoms with Gasteiger partial charge in [0.2, 0.25) is 0 Å².